The standard InChI is InChI=1S/C62H64IS2.3C4HF9O3S/c1-39-29-43(5)59(44(6)30-39)64(60-45(7)31-40(2)32-46(60)8)57-25-17-53(18-26-57)37-51-13-21-55(22-14-51)63-56-23-15-52(16-24-56)38-54-19-27-58(28-20-54)65(61-47(9)33-41(3)34-48(61)10)62-49(11)35-42(4)36-50(62)12;3*5-1(6,3(9,10)11)2(7,8)4(12,13)17(14,15)16/h13-36H,37-38H2,1-12H3;3*(H,14,15,16)/q+3;;;/p-3. The molecule has 0 amide bonds. The molecule has 0 aliphatic carbocycles. The molecule has 0 saturated heterocycles. The molecule has 0 saturated carbocycles. The Balaban J connectivity index is 0.000000379. The largest absolute Gasteiger partial charge is 0.743 e. The Morgan fingerprint density at radius 2 is 0.414 bits per heavy atom. The van der Waals surface area contributed by atoms with Crippen LogP contribution in [0.15, 0.2) is 175 Å². The van der Waals surface area contributed by atoms with Crippen LogP contribution in [0.5, 0.6) is 0 Å². The molecular formula is C74H64F27IO9S5. The molecular weight excluding hydrogens is 1830 g/mol. The summed E-state index contributed by atoms with van der Waals surface area (Å²) in [5, 5.41) is -21.3. The SMILES string of the molecule is Cc1cc(C)c([S+](c2ccc(Cc3ccc([I+]c4ccc(Cc5ccc([S+](c6c(C)cc(C)cc6C)c6c(C)cc(C)cc6C)cc5)cc4)cc3)cc2)c2c(C)cc(C)cc2C)c(C)c1.O=S(=O)([O-])C(F)(F)C(F)(F)C(F)(F)C(F)(F)F.O=S(=O)([O-])C(F)(F)C(F)(F)C(F)(F)C(F)(F)F.O=S(=O)([O-])C(F)(F)C(F)(F)C(F)(F)C(F)(F)F. The average molecular weight is 1900 g/mol. The molecule has 0 atom stereocenters. The normalized spacial score (nSPS) is 13.6. The van der Waals surface area contributed by atoms with Gasteiger partial charge in [0.15, 0.2) is 66.9 Å². The van der Waals surface area contributed by atoms with E-state index in [2.05, 4.69) is 229 Å². The summed E-state index contributed by atoms with van der Waals surface area (Å²) in [6.07, 6.45) is -19.6. The maximum absolute atomic E-state index is 12.2. The summed E-state index contributed by atoms with van der Waals surface area (Å²) in [6.45, 7) is 27.2. The minimum atomic E-state index is -7.43. The van der Waals surface area contributed by atoms with Gasteiger partial charge in [0.2, 0.25) is 0 Å². The minimum Gasteiger partial charge on any atom is -0.743 e. The van der Waals surface area contributed by atoms with Gasteiger partial charge in [0, 0.05) is 44.5 Å². The third-order valence-electron chi connectivity index (χ3n) is 16.7. The van der Waals surface area contributed by atoms with Crippen LogP contribution in [0.4, 0.5) is 119 Å². The molecule has 8 aromatic carbocycles. The number of hydrogen-bond donors (Lipinski definition) is 0. The Morgan fingerprint density at radius 3 is 0.560 bits per heavy atom. The van der Waals surface area contributed by atoms with Crippen molar-refractivity contribution < 1.29 is 179 Å². The Hall–Kier alpha value is -6.97. The van der Waals surface area contributed by atoms with E-state index in [4.69, 9.17) is 0 Å². The van der Waals surface area contributed by atoms with Crippen molar-refractivity contribution in [2.24, 2.45) is 0 Å². The summed E-state index contributed by atoms with van der Waals surface area (Å²) < 4.78 is 409. The maximum atomic E-state index is 12.2. The number of hydrogen-bond acceptors (Lipinski definition) is 9. The van der Waals surface area contributed by atoms with Gasteiger partial charge >= 0.3 is 91.0 Å². The van der Waals surface area contributed by atoms with Crippen LogP contribution in [0.2, 0.25) is 0 Å². The smallest absolute Gasteiger partial charge is 0.460 e. The van der Waals surface area contributed by atoms with Crippen LogP contribution < -0.4 is 21.2 Å². The first kappa shape index (κ1) is 99.6. The van der Waals surface area contributed by atoms with E-state index in [1.165, 1.54) is 126 Å². The molecule has 0 bridgehead atoms. The van der Waals surface area contributed by atoms with Crippen LogP contribution in [0.25, 0.3) is 0 Å². The second-order valence-electron chi connectivity index (χ2n) is 26.4. The van der Waals surface area contributed by atoms with Crippen molar-refractivity contribution in [1.29, 1.82) is 0 Å². The highest BCUT2D eigenvalue weighted by molar-refractivity contribution is 7.97. The molecule has 640 valence electrons. The molecule has 0 aliphatic rings. The van der Waals surface area contributed by atoms with Crippen molar-refractivity contribution >= 4 is 52.1 Å². The molecule has 0 N–H and O–H groups in total. The number of halogens is 28. The number of alkyl halides is 27. The first-order chi connectivity index (χ1) is 52.1. The topological polar surface area (TPSA) is 172 Å². The van der Waals surface area contributed by atoms with E-state index in [0.717, 1.165) is 12.8 Å². The van der Waals surface area contributed by atoms with Gasteiger partial charge in [-0.05, 0) is 167 Å². The molecule has 0 aromatic heterocycles. The fourth-order valence-corrected chi connectivity index (χ4v) is 20.3. The third kappa shape index (κ3) is 20.7. The first-order valence-electron chi connectivity index (χ1n) is 32.4. The molecule has 0 spiro atoms. The highest BCUT2D eigenvalue weighted by Gasteiger charge is 2.86. The predicted molar refractivity (Wildman–Crippen MR) is 367 cm³/mol. The molecule has 42 heteroatoms. The van der Waals surface area contributed by atoms with Crippen molar-refractivity contribution in [3.63, 3.8) is 0 Å². The van der Waals surface area contributed by atoms with Crippen LogP contribution in [0.1, 0.15) is 89.0 Å². The average Bonchev–Trinajstić information content (AvgIpc) is 0.734. The quantitative estimate of drug-likeness (QED) is 0.0294. The van der Waals surface area contributed by atoms with Crippen molar-refractivity contribution in [2.75, 3.05) is 0 Å². The molecule has 116 heavy (non-hydrogen) atoms. The summed E-state index contributed by atoms with van der Waals surface area (Å²) in [7, 11) is -22.6. The van der Waals surface area contributed by atoms with Gasteiger partial charge in [-0.25, -0.2) is 25.3 Å². The molecule has 9 nitrogen and oxygen atoms in total. The molecule has 0 fully saturated rings. The van der Waals surface area contributed by atoms with Gasteiger partial charge in [-0.1, -0.05) is 119 Å². The number of rotatable bonds is 21. The van der Waals surface area contributed by atoms with E-state index in [1.807, 2.05) is 0 Å². The van der Waals surface area contributed by atoms with E-state index in [-0.39, 0.29) is 43.0 Å². The van der Waals surface area contributed by atoms with E-state index < -0.39 is 100 Å². The number of aryl methyl sites for hydroxylation is 12. The molecule has 0 aliphatic heterocycles. The molecule has 0 heterocycles. The van der Waals surface area contributed by atoms with Gasteiger partial charge in [-0.2, -0.15) is 119 Å². The van der Waals surface area contributed by atoms with Crippen molar-refractivity contribution in [1.82, 2.24) is 0 Å². The lowest BCUT2D eigenvalue weighted by molar-refractivity contribution is -0.597. The van der Waals surface area contributed by atoms with E-state index in [1.54, 1.807) is 0 Å². The van der Waals surface area contributed by atoms with Crippen LogP contribution in [-0.2, 0) is 65.0 Å². The van der Waals surface area contributed by atoms with Gasteiger partial charge < -0.3 is 13.7 Å². The summed E-state index contributed by atoms with van der Waals surface area (Å²) in [5.74, 6) is -44.5. The van der Waals surface area contributed by atoms with Gasteiger partial charge in [-0.3, -0.25) is 0 Å². The molecule has 8 aromatic rings. The fraction of sp³-hybridized carbons (Fsp3) is 0.351. The van der Waals surface area contributed by atoms with E-state index >= 15 is 0 Å². The molecule has 8 rings (SSSR count). The highest BCUT2D eigenvalue weighted by atomic mass is 127. The second-order valence-corrected chi connectivity index (χ2v) is 37.5. The van der Waals surface area contributed by atoms with E-state index in [0.29, 0.717) is 0 Å². The predicted octanol–water partition coefficient (Wildman–Crippen LogP) is 18.8. The van der Waals surface area contributed by atoms with E-state index in [9.17, 15) is 157 Å². The monoisotopic (exact) mass is 1900 g/mol. The first-order valence-corrected chi connectivity index (χ1v) is 41.2. The van der Waals surface area contributed by atoms with Gasteiger partial charge in [0.25, 0.3) is 0 Å². The lowest BCUT2D eigenvalue weighted by Crippen LogP contribution is -3.61. The zero-order valence-electron chi connectivity index (χ0n) is 61.6. The van der Waals surface area contributed by atoms with Crippen molar-refractivity contribution in [3.05, 3.63) is 242 Å². The Labute approximate surface area is 663 Å². The summed E-state index contributed by atoms with van der Waals surface area (Å²) in [6, 6.07) is 56.7. The fourth-order valence-electron chi connectivity index (χ4n) is 11.6. The van der Waals surface area contributed by atoms with Crippen molar-refractivity contribution in [3.8, 4) is 0 Å². The minimum absolute atomic E-state index is 0.182. The number of benzene rings is 8. The Bertz CT molecular complexity index is 4620. The highest BCUT2D eigenvalue weighted by Crippen LogP contribution is 2.58. The zero-order valence-corrected chi connectivity index (χ0v) is 67.8. The van der Waals surface area contributed by atoms with Crippen LogP contribution in [0, 0.1) is 90.2 Å². The Morgan fingerprint density at radius 1 is 0.259 bits per heavy atom. The Kier molecular flexibility index (Phi) is 30.1. The summed E-state index contributed by atoms with van der Waals surface area (Å²) in [4.78, 5) is 8.64. The second kappa shape index (κ2) is 35.0. The van der Waals surface area contributed by atoms with Crippen LogP contribution in [-0.4, -0.2) is 109 Å². The third-order valence-corrected chi connectivity index (χ3v) is 27.7. The zero-order chi connectivity index (χ0) is 89.6. The van der Waals surface area contributed by atoms with Gasteiger partial charge in [-0.15, -0.1) is 0 Å². The summed E-state index contributed by atoms with van der Waals surface area (Å²) in [5.41, 5.74) is 21.8. The summed E-state index contributed by atoms with van der Waals surface area (Å²) >= 11 is -0.262. The lowest BCUT2D eigenvalue weighted by atomic mass is 10.1. The van der Waals surface area contributed by atoms with Crippen molar-refractivity contribution in [2.45, 2.75) is 195 Å². The van der Waals surface area contributed by atoms with Gasteiger partial charge in [0.1, 0.15) is 21.8 Å². The van der Waals surface area contributed by atoms with Crippen LogP contribution in [0.3, 0.4) is 0 Å². The van der Waals surface area contributed by atoms with Crippen LogP contribution >= 0.6 is 0 Å². The maximum Gasteiger partial charge on any atom is 0.460 e. The molecule has 0 unspecified atom stereocenters. The van der Waals surface area contributed by atoms with Gasteiger partial charge in [0.05, 0.1) is 0 Å². The molecule has 0 radical (unpaired) electrons. The lowest BCUT2D eigenvalue weighted by Gasteiger charge is -2.34.